The molecule has 0 saturated heterocycles. The first kappa shape index (κ1) is 17.0. The van der Waals surface area contributed by atoms with Crippen molar-refractivity contribution in [3.63, 3.8) is 0 Å². The molecule has 2 aromatic carbocycles. The Hall–Kier alpha value is -2.85. The van der Waals surface area contributed by atoms with E-state index in [0.717, 1.165) is 22.6 Å². The highest BCUT2D eigenvalue weighted by Gasteiger charge is 2.08. The number of pyridine rings is 1. The van der Waals surface area contributed by atoms with Crippen LogP contribution in [0.4, 0.5) is 0 Å². The second kappa shape index (κ2) is 8.31. The van der Waals surface area contributed by atoms with Gasteiger partial charge in [-0.05, 0) is 42.8 Å². The number of phenolic OH excluding ortho intramolecular Hbond substituents is 1. The number of nitrogens with one attached hydrogen (secondary N) is 1. The van der Waals surface area contributed by atoms with Gasteiger partial charge in [0.25, 0.3) is 0 Å². The van der Waals surface area contributed by atoms with Crippen LogP contribution in [0.25, 0.3) is 0 Å². The average molecular weight is 334 g/mol. The molecule has 0 bridgehead atoms. The van der Waals surface area contributed by atoms with Crippen molar-refractivity contribution in [1.29, 1.82) is 0 Å². The fraction of sp³-hybridized carbons (Fsp3) is 0.190. The Kier molecular flexibility index (Phi) is 5.65. The van der Waals surface area contributed by atoms with E-state index in [4.69, 9.17) is 4.74 Å². The summed E-state index contributed by atoms with van der Waals surface area (Å²) >= 11 is 0. The van der Waals surface area contributed by atoms with Crippen LogP contribution in [-0.4, -0.2) is 10.1 Å². The number of nitrogens with zero attached hydrogens (tertiary/aromatic N) is 1. The lowest BCUT2D eigenvalue weighted by atomic mass is 10.1. The summed E-state index contributed by atoms with van der Waals surface area (Å²) in [5.41, 5.74) is 2.92. The maximum absolute atomic E-state index is 9.85. The van der Waals surface area contributed by atoms with E-state index in [1.165, 1.54) is 0 Å². The third-order valence-corrected chi connectivity index (χ3v) is 4.06. The van der Waals surface area contributed by atoms with E-state index in [1.807, 2.05) is 54.6 Å². The highest BCUT2D eigenvalue weighted by atomic mass is 16.5. The molecule has 1 aromatic heterocycles. The molecule has 4 heteroatoms. The Bertz CT molecular complexity index is 806. The van der Waals surface area contributed by atoms with Crippen LogP contribution in [0.2, 0.25) is 0 Å². The van der Waals surface area contributed by atoms with Crippen LogP contribution in [0, 0.1) is 0 Å². The lowest BCUT2D eigenvalue weighted by Gasteiger charge is -2.16. The third-order valence-electron chi connectivity index (χ3n) is 4.06. The van der Waals surface area contributed by atoms with Crippen LogP contribution in [-0.2, 0) is 13.2 Å². The topological polar surface area (TPSA) is 54.4 Å². The molecule has 0 radical (unpaired) electrons. The SMILES string of the molecule is CC(NCc1ccccc1O)c1cccc(OCc2ccccn2)c1. The quantitative estimate of drug-likeness (QED) is 0.679. The monoisotopic (exact) mass is 334 g/mol. The molecule has 2 N–H and O–H groups in total. The number of phenols is 1. The van der Waals surface area contributed by atoms with Crippen molar-refractivity contribution in [3.8, 4) is 11.5 Å². The van der Waals surface area contributed by atoms with E-state index in [2.05, 4.69) is 23.3 Å². The summed E-state index contributed by atoms with van der Waals surface area (Å²) in [7, 11) is 0. The van der Waals surface area contributed by atoms with Gasteiger partial charge in [-0.1, -0.05) is 36.4 Å². The lowest BCUT2D eigenvalue weighted by molar-refractivity contribution is 0.300. The molecule has 0 spiro atoms. The molecular formula is C21H22N2O2. The molecule has 1 atom stereocenters. The van der Waals surface area contributed by atoms with Crippen molar-refractivity contribution in [1.82, 2.24) is 10.3 Å². The molecule has 128 valence electrons. The summed E-state index contributed by atoms with van der Waals surface area (Å²) < 4.78 is 5.83. The predicted molar refractivity (Wildman–Crippen MR) is 98.4 cm³/mol. The molecule has 25 heavy (non-hydrogen) atoms. The van der Waals surface area contributed by atoms with Crippen LogP contribution in [0.1, 0.15) is 29.8 Å². The van der Waals surface area contributed by atoms with Crippen molar-refractivity contribution in [2.75, 3.05) is 0 Å². The second-order valence-corrected chi connectivity index (χ2v) is 5.91. The fourth-order valence-electron chi connectivity index (χ4n) is 2.56. The zero-order chi connectivity index (χ0) is 17.5. The molecule has 0 aliphatic heterocycles. The van der Waals surface area contributed by atoms with Gasteiger partial charge in [0.05, 0.1) is 5.69 Å². The molecular weight excluding hydrogens is 312 g/mol. The highest BCUT2D eigenvalue weighted by molar-refractivity contribution is 5.33. The van der Waals surface area contributed by atoms with Gasteiger partial charge in [0, 0.05) is 24.3 Å². The number of ether oxygens (including phenoxy) is 1. The third kappa shape index (κ3) is 4.81. The molecule has 0 amide bonds. The molecule has 0 aliphatic carbocycles. The number of aromatic hydroxyl groups is 1. The van der Waals surface area contributed by atoms with Crippen LogP contribution >= 0.6 is 0 Å². The minimum Gasteiger partial charge on any atom is -0.508 e. The molecule has 0 saturated carbocycles. The maximum atomic E-state index is 9.85. The average Bonchev–Trinajstić information content (AvgIpc) is 2.66. The number of rotatable bonds is 7. The van der Waals surface area contributed by atoms with E-state index in [0.29, 0.717) is 18.9 Å². The lowest BCUT2D eigenvalue weighted by Crippen LogP contribution is -2.18. The summed E-state index contributed by atoms with van der Waals surface area (Å²) in [6, 6.07) is 21.3. The van der Waals surface area contributed by atoms with Gasteiger partial charge in [0.1, 0.15) is 18.1 Å². The maximum Gasteiger partial charge on any atom is 0.130 e. The highest BCUT2D eigenvalue weighted by Crippen LogP contribution is 2.21. The number of hydrogen-bond acceptors (Lipinski definition) is 4. The minimum atomic E-state index is 0.137. The van der Waals surface area contributed by atoms with Gasteiger partial charge < -0.3 is 15.2 Å². The van der Waals surface area contributed by atoms with Crippen molar-refractivity contribution in [2.45, 2.75) is 26.1 Å². The molecule has 3 rings (SSSR count). The van der Waals surface area contributed by atoms with Gasteiger partial charge in [0.15, 0.2) is 0 Å². The first-order chi connectivity index (χ1) is 12.2. The van der Waals surface area contributed by atoms with E-state index < -0.39 is 0 Å². The second-order valence-electron chi connectivity index (χ2n) is 5.91. The van der Waals surface area contributed by atoms with E-state index >= 15 is 0 Å². The van der Waals surface area contributed by atoms with Gasteiger partial charge in [-0.3, -0.25) is 4.98 Å². The smallest absolute Gasteiger partial charge is 0.130 e. The molecule has 1 heterocycles. The predicted octanol–water partition coefficient (Wildman–Crippen LogP) is 4.22. The summed E-state index contributed by atoms with van der Waals surface area (Å²) in [5.74, 6) is 1.13. The first-order valence-electron chi connectivity index (χ1n) is 8.35. The summed E-state index contributed by atoms with van der Waals surface area (Å²) in [5, 5.41) is 13.3. The standard InChI is InChI=1S/C21H22N2O2/c1-16(23-14-18-7-2-3-11-21(18)24)17-8-6-10-20(13-17)25-15-19-9-4-5-12-22-19/h2-13,16,23-24H,14-15H2,1H3. The van der Waals surface area contributed by atoms with Gasteiger partial charge in [-0.2, -0.15) is 0 Å². The number of para-hydroxylation sites is 1. The van der Waals surface area contributed by atoms with Crippen molar-refractivity contribution < 1.29 is 9.84 Å². The molecule has 0 fully saturated rings. The molecule has 0 aliphatic rings. The molecule has 4 nitrogen and oxygen atoms in total. The van der Waals surface area contributed by atoms with Crippen LogP contribution < -0.4 is 10.1 Å². The van der Waals surface area contributed by atoms with E-state index in [9.17, 15) is 5.11 Å². The fourth-order valence-corrected chi connectivity index (χ4v) is 2.56. The Labute approximate surface area is 148 Å². The number of aromatic nitrogens is 1. The Morgan fingerprint density at radius 2 is 1.88 bits per heavy atom. The Morgan fingerprint density at radius 1 is 1.04 bits per heavy atom. The van der Waals surface area contributed by atoms with Crippen molar-refractivity contribution in [3.05, 3.63) is 89.7 Å². The Balaban J connectivity index is 1.59. The minimum absolute atomic E-state index is 0.137. The van der Waals surface area contributed by atoms with Crippen molar-refractivity contribution >= 4 is 0 Å². The van der Waals surface area contributed by atoms with E-state index in [1.54, 1.807) is 12.3 Å². The normalized spacial score (nSPS) is 11.9. The van der Waals surface area contributed by atoms with E-state index in [-0.39, 0.29) is 6.04 Å². The van der Waals surface area contributed by atoms with Crippen LogP contribution in [0.15, 0.2) is 72.9 Å². The summed E-state index contributed by atoms with van der Waals surface area (Å²) in [4.78, 5) is 4.26. The van der Waals surface area contributed by atoms with Gasteiger partial charge in [-0.25, -0.2) is 0 Å². The zero-order valence-electron chi connectivity index (χ0n) is 14.2. The summed E-state index contributed by atoms with van der Waals surface area (Å²) in [6.07, 6.45) is 1.76. The van der Waals surface area contributed by atoms with Crippen molar-refractivity contribution in [2.24, 2.45) is 0 Å². The summed E-state index contributed by atoms with van der Waals surface area (Å²) in [6.45, 7) is 3.15. The van der Waals surface area contributed by atoms with Gasteiger partial charge in [0.2, 0.25) is 0 Å². The van der Waals surface area contributed by atoms with Gasteiger partial charge >= 0.3 is 0 Å². The van der Waals surface area contributed by atoms with Crippen LogP contribution in [0.3, 0.4) is 0 Å². The number of hydrogen-bond donors (Lipinski definition) is 2. The largest absolute Gasteiger partial charge is 0.508 e. The van der Waals surface area contributed by atoms with Gasteiger partial charge in [-0.15, -0.1) is 0 Å². The zero-order valence-corrected chi connectivity index (χ0v) is 14.2. The first-order valence-corrected chi connectivity index (χ1v) is 8.35. The van der Waals surface area contributed by atoms with Crippen LogP contribution in [0.5, 0.6) is 11.5 Å². The Morgan fingerprint density at radius 3 is 2.68 bits per heavy atom. The molecule has 1 unspecified atom stereocenters. The molecule has 3 aromatic rings. The number of benzene rings is 2.